The molecular formula is C14H18N4O2. The summed E-state index contributed by atoms with van der Waals surface area (Å²) in [6.07, 6.45) is 2.98. The molecule has 0 spiro atoms. The molecule has 0 unspecified atom stereocenters. The van der Waals surface area contributed by atoms with Gasteiger partial charge in [0, 0.05) is 24.7 Å². The molecule has 1 aromatic rings. The molecule has 20 heavy (non-hydrogen) atoms. The van der Waals surface area contributed by atoms with Crippen molar-refractivity contribution in [1.82, 2.24) is 5.32 Å². The third kappa shape index (κ3) is 2.84. The number of hydrogen-bond acceptors (Lipinski definition) is 4. The topological polar surface area (TPSA) is 96.2 Å². The molecule has 0 saturated heterocycles. The maximum atomic E-state index is 11.6. The van der Waals surface area contributed by atoms with Crippen molar-refractivity contribution in [3.63, 3.8) is 0 Å². The molecule has 0 radical (unpaired) electrons. The van der Waals surface area contributed by atoms with Crippen molar-refractivity contribution < 1.29 is 9.59 Å². The van der Waals surface area contributed by atoms with Crippen LogP contribution >= 0.6 is 0 Å². The molecule has 3 rings (SSSR count). The third-order valence-corrected chi connectivity index (χ3v) is 3.51. The molecular weight excluding hydrogens is 256 g/mol. The normalized spacial score (nSPS) is 16.5. The van der Waals surface area contributed by atoms with E-state index in [1.54, 1.807) is 6.07 Å². The number of hydrogen-bond donors (Lipinski definition) is 4. The fraction of sp³-hybridized carbons (Fsp3) is 0.429. The highest BCUT2D eigenvalue weighted by Crippen LogP contribution is 2.31. The Bertz CT molecular complexity index is 567. The minimum absolute atomic E-state index is 0.0136. The van der Waals surface area contributed by atoms with Crippen molar-refractivity contribution in [1.29, 1.82) is 0 Å². The largest absolute Gasteiger partial charge is 0.397 e. The molecule has 1 aliphatic carbocycles. The van der Waals surface area contributed by atoms with Crippen LogP contribution < -0.4 is 21.7 Å². The number of fused-ring (bicyclic) bond motifs is 1. The van der Waals surface area contributed by atoms with E-state index in [1.165, 1.54) is 0 Å². The first-order valence-electron chi connectivity index (χ1n) is 6.87. The second kappa shape index (κ2) is 5.03. The summed E-state index contributed by atoms with van der Waals surface area (Å²) < 4.78 is 0. The van der Waals surface area contributed by atoms with Crippen molar-refractivity contribution in [3.05, 3.63) is 17.7 Å². The predicted molar refractivity (Wildman–Crippen MR) is 77.5 cm³/mol. The molecule has 0 atom stereocenters. The Balaban J connectivity index is 1.56. The number of nitrogens with two attached hydrogens (primary N) is 1. The van der Waals surface area contributed by atoms with Gasteiger partial charge in [-0.3, -0.25) is 9.59 Å². The molecule has 0 bridgehead atoms. The Kier molecular flexibility index (Phi) is 3.22. The molecule has 2 aliphatic rings. The highest BCUT2D eigenvalue weighted by molar-refractivity contribution is 6.00. The van der Waals surface area contributed by atoms with Gasteiger partial charge in [-0.1, -0.05) is 0 Å². The van der Waals surface area contributed by atoms with Gasteiger partial charge in [0.1, 0.15) is 0 Å². The zero-order valence-corrected chi connectivity index (χ0v) is 11.2. The monoisotopic (exact) mass is 274 g/mol. The van der Waals surface area contributed by atoms with E-state index in [-0.39, 0.29) is 11.8 Å². The molecule has 1 fully saturated rings. The fourth-order valence-electron chi connectivity index (χ4n) is 2.28. The number of carbonyl (C=O) groups is 2. The molecule has 6 heteroatoms. The Morgan fingerprint density at radius 2 is 2.20 bits per heavy atom. The van der Waals surface area contributed by atoms with Gasteiger partial charge in [-0.05, 0) is 30.5 Å². The highest BCUT2D eigenvalue weighted by atomic mass is 16.2. The van der Waals surface area contributed by atoms with Crippen LogP contribution in [0.25, 0.3) is 0 Å². The Labute approximate surface area is 117 Å². The molecule has 0 aromatic heterocycles. The molecule has 6 nitrogen and oxygen atoms in total. The summed E-state index contributed by atoms with van der Waals surface area (Å²) in [5.74, 6) is 0.0494. The Morgan fingerprint density at radius 1 is 1.40 bits per heavy atom. The van der Waals surface area contributed by atoms with Gasteiger partial charge >= 0.3 is 0 Å². The van der Waals surface area contributed by atoms with Gasteiger partial charge in [0.2, 0.25) is 11.8 Å². The summed E-state index contributed by atoms with van der Waals surface area (Å²) >= 11 is 0. The first kappa shape index (κ1) is 12.8. The lowest BCUT2D eigenvalue weighted by Crippen LogP contribution is -2.27. The van der Waals surface area contributed by atoms with E-state index in [4.69, 9.17) is 5.73 Å². The summed E-state index contributed by atoms with van der Waals surface area (Å²) in [5, 5.41) is 8.86. The van der Waals surface area contributed by atoms with Crippen molar-refractivity contribution in [3.8, 4) is 0 Å². The smallest absolute Gasteiger partial charge is 0.228 e. The van der Waals surface area contributed by atoms with Crippen LogP contribution in [-0.2, 0) is 16.0 Å². The van der Waals surface area contributed by atoms with Gasteiger partial charge < -0.3 is 21.7 Å². The summed E-state index contributed by atoms with van der Waals surface area (Å²) in [5.41, 5.74) is 9.02. The average Bonchev–Trinajstić information content (AvgIpc) is 3.11. The number of anilines is 3. The Morgan fingerprint density at radius 3 is 2.95 bits per heavy atom. The second-order valence-corrected chi connectivity index (χ2v) is 5.34. The minimum Gasteiger partial charge on any atom is -0.397 e. The lowest BCUT2D eigenvalue weighted by Gasteiger charge is -2.11. The SMILES string of the molecule is Nc1cc2c(cc1NCCC(=O)NC1CC1)NC(=O)C2. The number of amides is 2. The average molecular weight is 274 g/mol. The Hall–Kier alpha value is -2.24. The van der Waals surface area contributed by atoms with Crippen molar-refractivity contribution in [2.75, 3.05) is 22.9 Å². The zero-order valence-electron chi connectivity index (χ0n) is 11.2. The van der Waals surface area contributed by atoms with Crippen LogP contribution in [0.15, 0.2) is 12.1 Å². The van der Waals surface area contributed by atoms with Crippen molar-refractivity contribution in [2.45, 2.75) is 31.7 Å². The predicted octanol–water partition coefficient (Wildman–Crippen LogP) is 0.844. The van der Waals surface area contributed by atoms with Crippen LogP contribution in [0.2, 0.25) is 0 Å². The van der Waals surface area contributed by atoms with Crippen molar-refractivity contribution >= 4 is 28.9 Å². The number of nitrogens with one attached hydrogen (secondary N) is 3. The summed E-state index contributed by atoms with van der Waals surface area (Å²) in [6, 6.07) is 4.02. The van der Waals surface area contributed by atoms with Gasteiger partial charge in [0.05, 0.1) is 17.8 Å². The van der Waals surface area contributed by atoms with Crippen LogP contribution in [0.3, 0.4) is 0 Å². The lowest BCUT2D eigenvalue weighted by molar-refractivity contribution is -0.121. The van der Waals surface area contributed by atoms with Gasteiger partial charge in [-0.15, -0.1) is 0 Å². The number of benzene rings is 1. The highest BCUT2D eigenvalue weighted by Gasteiger charge is 2.23. The first-order valence-corrected chi connectivity index (χ1v) is 6.87. The molecule has 1 aliphatic heterocycles. The van der Waals surface area contributed by atoms with E-state index in [0.29, 0.717) is 31.1 Å². The summed E-state index contributed by atoms with van der Waals surface area (Å²) in [7, 11) is 0. The number of nitrogen functional groups attached to an aromatic ring is 1. The maximum Gasteiger partial charge on any atom is 0.228 e. The van der Waals surface area contributed by atoms with Crippen LogP contribution in [0.1, 0.15) is 24.8 Å². The second-order valence-electron chi connectivity index (χ2n) is 5.34. The molecule has 1 aromatic carbocycles. The van der Waals surface area contributed by atoms with E-state index in [9.17, 15) is 9.59 Å². The van der Waals surface area contributed by atoms with Crippen molar-refractivity contribution in [2.24, 2.45) is 0 Å². The van der Waals surface area contributed by atoms with E-state index in [2.05, 4.69) is 16.0 Å². The van der Waals surface area contributed by atoms with E-state index >= 15 is 0 Å². The lowest BCUT2D eigenvalue weighted by atomic mass is 10.1. The molecule has 5 N–H and O–H groups in total. The molecule has 1 heterocycles. The quantitative estimate of drug-likeness (QED) is 0.598. The molecule has 106 valence electrons. The van der Waals surface area contributed by atoms with Crippen LogP contribution in [0, 0.1) is 0 Å². The van der Waals surface area contributed by atoms with Gasteiger partial charge in [0.15, 0.2) is 0 Å². The van der Waals surface area contributed by atoms with E-state index < -0.39 is 0 Å². The third-order valence-electron chi connectivity index (χ3n) is 3.51. The number of carbonyl (C=O) groups excluding carboxylic acids is 2. The maximum absolute atomic E-state index is 11.6. The standard InChI is InChI=1S/C14H18N4O2/c15-10-5-8-6-14(20)18-11(8)7-12(10)16-4-3-13(19)17-9-1-2-9/h5,7,9,16H,1-4,6,15H2,(H,17,19)(H,18,20). The number of rotatable bonds is 5. The summed E-state index contributed by atoms with van der Waals surface area (Å²) in [6.45, 7) is 0.523. The first-order chi connectivity index (χ1) is 9.61. The minimum atomic E-state index is -0.0136. The van der Waals surface area contributed by atoms with Crippen LogP contribution in [0.4, 0.5) is 17.1 Å². The van der Waals surface area contributed by atoms with Gasteiger partial charge in [0.25, 0.3) is 0 Å². The van der Waals surface area contributed by atoms with Crippen LogP contribution in [-0.4, -0.2) is 24.4 Å². The molecule has 1 saturated carbocycles. The van der Waals surface area contributed by atoms with Gasteiger partial charge in [-0.2, -0.15) is 0 Å². The van der Waals surface area contributed by atoms with E-state index in [0.717, 1.165) is 29.8 Å². The summed E-state index contributed by atoms with van der Waals surface area (Å²) in [4.78, 5) is 22.9. The fourth-order valence-corrected chi connectivity index (χ4v) is 2.28. The van der Waals surface area contributed by atoms with E-state index in [1.807, 2.05) is 6.07 Å². The van der Waals surface area contributed by atoms with Gasteiger partial charge in [-0.25, -0.2) is 0 Å². The zero-order chi connectivity index (χ0) is 14.1. The molecule has 2 amide bonds. The van der Waals surface area contributed by atoms with Crippen LogP contribution in [0.5, 0.6) is 0 Å².